The lowest BCUT2D eigenvalue weighted by Crippen LogP contribution is -2.41. The summed E-state index contributed by atoms with van der Waals surface area (Å²) in [6.07, 6.45) is 0.478. The molecule has 0 aliphatic carbocycles. The lowest BCUT2D eigenvalue weighted by Gasteiger charge is -2.27. The highest BCUT2D eigenvalue weighted by atomic mass is 35.5. The summed E-state index contributed by atoms with van der Waals surface area (Å²) in [4.78, 5) is 20.1. The van der Waals surface area contributed by atoms with Crippen molar-refractivity contribution in [1.82, 2.24) is 20.1 Å². The first-order valence-electron chi connectivity index (χ1n) is 9.23. The van der Waals surface area contributed by atoms with Crippen LogP contribution in [0, 0.1) is 0 Å². The normalized spacial score (nSPS) is 17.8. The summed E-state index contributed by atoms with van der Waals surface area (Å²) >= 11 is 8.70. The summed E-state index contributed by atoms with van der Waals surface area (Å²) in [6.45, 7) is 0.418. The number of H-pyrrole nitrogens is 1. The molecule has 30 heavy (non-hydrogen) atoms. The third kappa shape index (κ3) is 5.23. The van der Waals surface area contributed by atoms with Gasteiger partial charge in [-0.3, -0.25) is 9.89 Å². The summed E-state index contributed by atoms with van der Waals surface area (Å²) < 4.78 is 23.9. The van der Waals surface area contributed by atoms with Crippen molar-refractivity contribution < 1.29 is 13.2 Å². The maximum atomic E-state index is 13.0. The molecule has 1 aliphatic rings. The molecule has 1 saturated heterocycles. The molecule has 1 N–H and O–H groups in total. The Morgan fingerprint density at radius 3 is 2.77 bits per heavy atom. The first-order valence-corrected chi connectivity index (χ1v) is 13.3. The molecule has 4 rings (SSSR count). The SMILES string of the molecule is O=C(CSc1n[nH]c(-c2ccc(Cl)cc2)n1)N(Cc1cccs1)C1CCS(=O)(=O)C1. The van der Waals surface area contributed by atoms with E-state index < -0.39 is 9.84 Å². The predicted octanol–water partition coefficient (Wildman–Crippen LogP) is 3.49. The van der Waals surface area contributed by atoms with Gasteiger partial charge in [-0.25, -0.2) is 13.4 Å². The fourth-order valence-electron chi connectivity index (χ4n) is 3.27. The van der Waals surface area contributed by atoms with Crippen molar-refractivity contribution in [3.8, 4) is 11.4 Å². The third-order valence-electron chi connectivity index (χ3n) is 4.78. The number of benzene rings is 1. The van der Waals surface area contributed by atoms with Gasteiger partial charge in [0.1, 0.15) is 0 Å². The van der Waals surface area contributed by atoms with Crippen LogP contribution in [0.2, 0.25) is 5.02 Å². The van der Waals surface area contributed by atoms with Gasteiger partial charge in [0.25, 0.3) is 0 Å². The maximum absolute atomic E-state index is 13.0. The molecule has 0 saturated carbocycles. The Morgan fingerprint density at radius 2 is 2.10 bits per heavy atom. The predicted molar refractivity (Wildman–Crippen MR) is 119 cm³/mol. The van der Waals surface area contributed by atoms with Crippen LogP contribution in [0.4, 0.5) is 0 Å². The van der Waals surface area contributed by atoms with E-state index in [4.69, 9.17) is 11.6 Å². The number of thioether (sulfide) groups is 1. The van der Waals surface area contributed by atoms with Gasteiger partial charge in [0.15, 0.2) is 15.7 Å². The van der Waals surface area contributed by atoms with Crippen LogP contribution in [0.25, 0.3) is 11.4 Å². The Bertz CT molecular complexity index is 1110. The van der Waals surface area contributed by atoms with Crippen LogP contribution in [0.3, 0.4) is 0 Å². The molecular weight excluding hydrogens is 464 g/mol. The summed E-state index contributed by atoms with van der Waals surface area (Å²) in [5.41, 5.74) is 0.848. The van der Waals surface area contributed by atoms with Crippen LogP contribution in [-0.4, -0.2) is 57.7 Å². The van der Waals surface area contributed by atoms with Gasteiger partial charge in [-0.2, -0.15) is 0 Å². The number of thiophene rings is 1. The second-order valence-electron chi connectivity index (χ2n) is 6.92. The molecule has 0 bridgehead atoms. The van der Waals surface area contributed by atoms with Crippen molar-refractivity contribution in [1.29, 1.82) is 0 Å². The molecular formula is C19H19ClN4O3S3. The van der Waals surface area contributed by atoms with Crippen molar-refractivity contribution in [2.24, 2.45) is 0 Å². The van der Waals surface area contributed by atoms with Gasteiger partial charge in [0, 0.05) is 21.5 Å². The molecule has 0 spiro atoms. The standard InChI is InChI=1S/C19H19ClN4O3S3/c20-14-5-3-13(4-6-14)18-21-19(23-22-18)29-11-17(25)24(10-16-2-1-8-28-16)15-7-9-30(26,27)12-15/h1-6,8,15H,7,9-12H2,(H,21,22,23). The minimum absolute atomic E-state index is 0.0240. The van der Waals surface area contributed by atoms with Gasteiger partial charge < -0.3 is 4.90 Å². The van der Waals surface area contributed by atoms with E-state index in [1.807, 2.05) is 29.6 Å². The van der Waals surface area contributed by atoms with Gasteiger partial charge in [-0.05, 0) is 42.1 Å². The van der Waals surface area contributed by atoms with Crippen LogP contribution in [0.15, 0.2) is 46.9 Å². The number of nitrogens with zero attached hydrogens (tertiary/aromatic N) is 3. The van der Waals surface area contributed by atoms with Crippen molar-refractivity contribution in [3.05, 3.63) is 51.7 Å². The highest BCUT2D eigenvalue weighted by Crippen LogP contribution is 2.25. The Balaban J connectivity index is 1.43. The quantitative estimate of drug-likeness (QED) is 0.518. The molecule has 7 nitrogen and oxygen atoms in total. The lowest BCUT2D eigenvalue weighted by atomic mass is 10.2. The molecule has 3 heterocycles. The monoisotopic (exact) mass is 482 g/mol. The molecule has 1 fully saturated rings. The Morgan fingerprint density at radius 1 is 1.30 bits per heavy atom. The van der Waals surface area contributed by atoms with Crippen molar-refractivity contribution in [2.45, 2.75) is 24.2 Å². The van der Waals surface area contributed by atoms with Crippen molar-refractivity contribution in [3.63, 3.8) is 0 Å². The number of sulfone groups is 1. The lowest BCUT2D eigenvalue weighted by molar-refractivity contribution is -0.130. The number of rotatable bonds is 7. The number of halogens is 1. The van der Waals surface area contributed by atoms with E-state index >= 15 is 0 Å². The molecule has 11 heteroatoms. The Kier molecular flexibility index (Phi) is 6.47. The summed E-state index contributed by atoms with van der Waals surface area (Å²) in [7, 11) is -3.09. The maximum Gasteiger partial charge on any atom is 0.233 e. The molecule has 158 valence electrons. The highest BCUT2D eigenvalue weighted by Gasteiger charge is 2.34. The number of nitrogens with one attached hydrogen (secondary N) is 1. The molecule has 0 radical (unpaired) electrons. The third-order valence-corrected chi connectivity index (χ3v) is 8.48. The topological polar surface area (TPSA) is 96.0 Å². The van der Waals surface area contributed by atoms with Gasteiger partial charge in [-0.1, -0.05) is 29.4 Å². The van der Waals surface area contributed by atoms with Gasteiger partial charge in [0.2, 0.25) is 11.1 Å². The Labute approximate surface area is 187 Å². The van der Waals surface area contributed by atoms with Gasteiger partial charge >= 0.3 is 0 Å². The molecule has 1 unspecified atom stereocenters. The number of carbonyl (C=O) groups is 1. The van der Waals surface area contributed by atoms with Crippen molar-refractivity contribution in [2.75, 3.05) is 17.3 Å². The number of hydrogen-bond acceptors (Lipinski definition) is 7. The van der Waals surface area contributed by atoms with Crippen LogP contribution < -0.4 is 0 Å². The van der Waals surface area contributed by atoms with E-state index in [1.165, 1.54) is 11.8 Å². The number of aromatic nitrogens is 3. The van der Waals surface area contributed by atoms with Gasteiger partial charge in [-0.15, -0.1) is 16.4 Å². The molecule has 2 aromatic heterocycles. The zero-order valence-electron chi connectivity index (χ0n) is 15.8. The van der Waals surface area contributed by atoms with Crippen LogP contribution >= 0.6 is 34.7 Å². The summed E-state index contributed by atoms with van der Waals surface area (Å²) in [5, 5.41) is 10.1. The van der Waals surface area contributed by atoms with Crippen LogP contribution in [0.1, 0.15) is 11.3 Å². The van der Waals surface area contributed by atoms with Crippen LogP contribution in [0.5, 0.6) is 0 Å². The van der Waals surface area contributed by atoms with E-state index in [2.05, 4.69) is 15.2 Å². The van der Waals surface area contributed by atoms with Crippen molar-refractivity contribution >= 4 is 50.4 Å². The first-order chi connectivity index (χ1) is 14.4. The number of hydrogen-bond donors (Lipinski definition) is 1. The molecule has 1 atom stereocenters. The molecule has 1 amide bonds. The highest BCUT2D eigenvalue weighted by molar-refractivity contribution is 7.99. The number of aromatic amines is 1. The van der Waals surface area contributed by atoms with E-state index in [0.29, 0.717) is 29.0 Å². The smallest absolute Gasteiger partial charge is 0.233 e. The number of carbonyl (C=O) groups excluding carboxylic acids is 1. The average Bonchev–Trinajstić information content (AvgIpc) is 3.46. The molecule has 1 aliphatic heterocycles. The zero-order valence-corrected chi connectivity index (χ0v) is 19.0. The number of amides is 1. The minimum atomic E-state index is -3.09. The Hall–Kier alpha value is -1.88. The average molecular weight is 483 g/mol. The second kappa shape index (κ2) is 9.09. The van der Waals surface area contributed by atoms with E-state index in [-0.39, 0.29) is 29.2 Å². The molecule has 1 aromatic carbocycles. The largest absolute Gasteiger partial charge is 0.333 e. The van der Waals surface area contributed by atoms with E-state index in [9.17, 15) is 13.2 Å². The van der Waals surface area contributed by atoms with Gasteiger partial charge in [0.05, 0.1) is 23.8 Å². The zero-order chi connectivity index (χ0) is 21.1. The summed E-state index contributed by atoms with van der Waals surface area (Å²) in [5.74, 6) is 0.771. The fraction of sp³-hybridized carbons (Fsp3) is 0.316. The fourth-order valence-corrected chi connectivity index (χ4v) is 6.51. The second-order valence-corrected chi connectivity index (χ2v) is 11.6. The van der Waals surface area contributed by atoms with E-state index in [1.54, 1.807) is 28.4 Å². The van der Waals surface area contributed by atoms with Crippen LogP contribution in [-0.2, 0) is 21.2 Å². The summed E-state index contributed by atoms with van der Waals surface area (Å²) in [6, 6.07) is 10.8. The minimum Gasteiger partial charge on any atom is -0.333 e. The van der Waals surface area contributed by atoms with E-state index in [0.717, 1.165) is 10.4 Å². The molecule has 3 aromatic rings. The first kappa shape index (κ1) is 21.4.